The van der Waals surface area contributed by atoms with E-state index in [9.17, 15) is 18.0 Å². The third kappa shape index (κ3) is 15.8. The predicted octanol–water partition coefficient (Wildman–Crippen LogP) is 4.04. The van der Waals surface area contributed by atoms with E-state index >= 15 is 0 Å². The summed E-state index contributed by atoms with van der Waals surface area (Å²) in [6.07, 6.45) is 11.4. The van der Waals surface area contributed by atoms with Gasteiger partial charge in [0.1, 0.15) is 0 Å². The quantitative estimate of drug-likeness (QED) is 0.328. The van der Waals surface area contributed by atoms with Gasteiger partial charge in [-0.15, -0.1) is 0 Å². The Kier molecular flexibility index (Phi) is 13.6. The van der Waals surface area contributed by atoms with Crippen molar-refractivity contribution in [3.05, 3.63) is 0 Å². The van der Waals surface area contributed by atoms with Crippen molar-refractivity contribution < 1.29 is 27.3 Å². The van der Waals surface area contributed by atoms with Gasteiger partial charge in [0.2, 0.25) is 0 Å². The van der Waals surface area contributed by atoms with Crippen LogP contribution in [0.1, 0.15) is 90.4 Å². The first kappa shape index (κ1) is 22.9. The van der Waals surface area contributed by atoms with E-state index in [1.165, 1.54) is 44.9 Å². The summed E-state index contributed by atoms with van der Waals surface area (Å²) >= 11 is 0. The maximum atomic E-state index is 11.6. The van der Waals surface area contributed by atoms with Crippen molar-refractivity contribution in [1.82, 2.24) is 0 Å². The summed E-state index contributed by atoms with van der Waals surface area (Å²) in [5.41, 5.74) is 0. The summed E-state index contributed by atoms with van der Waals surface area (Å²) in [5, 5.41) is 8.42. The number of hydrogen-bond acceptors (Lipinski definition) is 5. The summed E-state index contributed by atoms with van der Waals surface area (Å²) in [5.74, 6) is -2.35. The van der Waals surface area contributed by atoms with Gasteiger partial charge in [0.05, 0.1) is 18.6 Å². The molecule has 0 amide bonds. The van der Waals surface area contributed by atoms with Gasteiger partial charge in [0.25, 0.3) is 0 Å². The molecule has 0 radical (unpaired) electrons. The molecule has 0 aliphatic heterocycles. The van der Waals surface area contributed by atoms with Gasteiger partial charge >= 0.3 is 22.1 Å². The van der Waals surface area contributed by atoms with Crippen LogP contribution in [-0.4, -0.2) is 31.2 Å². The molecule has 0 aromatic rings. The fraction of sp³-hybridized carbons (Fsp3) is 0.882. The van der Waals surface area contributed by atoms with E-state index in [2.05, 4.69) is 11.1 Å². The van der Waals surface area contributed by atoms with E-state index in [-0.39, 0.29) is 5.75 Å². The highest BCUT2D eigenvalue weighted by Gasteiger charge is 2.17. The fourth-order valence-corrected chi connectivity index (χ4v) is 3.38. The van der Waals surface area contributed by atoms with E-state index in [0.29, 0.717) is 6.42 Å². The number of carboxylic acids is 1. The normalized spacial score (nSPS) is 11.4. The van der Waals surface area contributed by atoms with E-state index < -0.39 is 34.9 Å². The lowest BCUT2D eigenvalue weighted by Gasteiger charge is -2.05. The molecule has 24 heavy (non-hydrogen) atoms. The smallest absolute Gasteiger partial charge is 0.322 e. The van der Waals surface area contributed by atoms with Crippen LogP contribution in [0.25, 0.3) is 0 Å². The molecular weight excluding hydrogens is 332 g/mol. The molecule has 0 unspecified atom stereocenters. The highest BCUT2D eigenvalue weighted by Crippen LogP contribution is 2.12. The van der Waals surface area contributed by atoms with Crippen molar-refractivity contribution in [2.75, 3.05) is 5.75 Å². The van der Waals surface area contributed by atoms with E-state index in [0.717, 1.165) is 19.3 Å². The maximum Gasteiger partial charge on any atom is 0.322 e. The Morgan fingerprint density at radius 1 is 0.792 bits per heavy atom. The fourth-order valence-electron chi connectivity index (χ4n) is 2.38. The minimum atomic E-state index is -3.88. The van der Waals surface area contributed by atoms with Crippen LogP contribution in [0, 0.1) is 0 Å². The van der Waals surface area contributed by atoms with Crippen LogP contribution in [0.2, 0.25) is 0 Å². The Morgan fingerprint density at radius 3 is 1.71 bits per heavy atom. The second kappa shape index (κ2) is 14.3. The molecule has 6 nitrogen and oxygen atoms in total. The van der Waals surface area contributed by atoms with Crippen molar-refractivity contribution >= 4 is 22.1 Å². The third-order valence-corrected chi connectivity index (χ3v) is 4.99. The predicted molar refractivity (Wildman–Crippen MR) is 93.2 cm³/mol. The number of carboxylic acid groups (broad SMARTS) is 1. The first-order valence-electron chi connectivity index (χ1n) is 9.04. The molecule has 0 aromatic carbocycles. The van der Waals surface area contributed by atoms with Crippen LogP contribution in [-0.2, 0) is 23.9 Å². The molecule has 142 valence electrons. The number of aliphatic carboxylic acids is 1. The second-order valence-corrected chi connectivity index (χ2v) is 7.84. The lowest BCUT2D eigenvalue weighted by atomic mass is 10.1. The van der Waals surface area contributed by atoms with Crippen LogP contribution in [0.15, 0.2) is 0 Å². The summed E-state index contributed by atoms with van der Waals surface area (Å²) in [7, 11) is -3.88. The molecule has 0 atom stereocenters. The second-order valence-electron chi connectivity index (χ2n) is 6.15. The topological polar surface area (TPSA) is 97.7 Å². The van der Waals surface area contributed by atoms with Gasteiger partial charge in [-0.2, -0.15) is 8.42 Å². The van der Waals surface area contributed by atoms with Gasteiger partial charge in [0.15, 0.2) is 0 Å². The highest BCUT2D eigenvalue weighted by atomic mass is 32.2. The Bertz CT molecular complexity index is 444. The molecule has 0 fully saturated rings. The third-order valence-electron chi connectivity index (χ3n) is 3.76. The number of hydrogen-bond donors (Lipinski definition) is 1. The summed E-state index contributed by atoms with van der Waals surface area (Å²) in [6, 6.07) is 0. The summed E-state index contributed by atoms with van der Waals surface area (Å²) < 4.78 is 27.5. The zero-order chi connectivity index (χ0) is 18.3. The van der Waals surface area contributed by atoms with Crippen molar-refractivity contribution in [2.45, 2.75) is 90.4 Å². The zero-order valence-corrected chi connectivity index (χ0v) is 15.6. The van der Waals surface area contributed by atoms with Crippen molar-refractivity contribution in [3.63, 3.8) is 0 Å². The van der Waals surface area contributed by atoms with Crippen LogP contribution in [0.3, 0.4) is 0 Å². The number of rotatable bonds is 16. The summed E-state index contributed by atoms with van der Waals surface area (Å²) in [4.78, 5) is 21.5. The van der Waals surface area contributed by atoms with Crippen LogP contribution in [0.5, 0.6) is 0 Å². The lowest BCUT2D eigenvalue weighted by Crippen LogP contribution is -2.17. The molecule has 0 spiro atoms. The molecule has 0 rings (SSSR count). The molecule has 0 aromatic heterocycles. The first-order chi connectivity index (χ1) is 11.4. The van der Waals surface area contributed by atoms with Gasteiger partial charge in [-0.1, -0.05) is 71.1 Å². The monoisotopic (exact) mass is 364 g/mol. The average molecular weight is 365 g/mol. The molecule has 0 aliphatic carbocycles. The van der Waals surface area contributed by atoms with Gasteiger partial charge in [-0.05, 0) is 6.42 Å². The van der Waals surface area contributed by atoms with Crippen LogP contribution < -0.4 is 0 Å². The molecule has 0 aliphatic rings. The molecule has 0 bridgehead atoms. The molecule has 0 saturated carbocycles. The SMILES string of the molecule is CCCCCCCCCCCCCS(=O)(=O)OC(=O)CCC(=O)O. The minimum Gasteiger partial charge on any atom is -0.481 e. The van der Waals surface area contributed by atoms with Gasteiger partial charge in [0, 0.05) is 0 Å². The lowest BCUT2D eigenvalue weighted by molar-refractivity contribution is -0.142. The van der Waals surface area contributed by atoms with Gasteiger partial charge in [-0.3, -0.25) is 9.59 Å². The molecule has 0 heterocycles. The van der Waals surface area contributed by atoms with Crippen LogP contribution in [0.4, 0.5) is 0 Å². The highest BCUT2D eigenvalue weighted by molar-refractivity contribution is 7.87. The Hall–Kier alpha value is -1.11. The van der Waals surface area contributed by atoms with Crippen molar-refractivity contribution in [1.29, 1.82) is 0 Å². The van der Waals surface area contributed by atoms with Crippen molar-refractivity contribution in [2.24, 2.45) is 0 Å². The first-order valence-corrected chi connectivity index (χ1v) is 10.6. The minimum absolute atomic E-state index is 0.192. The van der Waals surface area contributed by atoms with E-state index in [1.807, 2.05) is 0 Å². The van der Waals surface area contributed by atoms with E-state index in [1.54, 1.807) is 0 Å². The maximum absolute atomic E-state index is 11.6. The standard InChI is InChI=1S/C17H32O6S/c1-2-3-4-5-6-7-8-9-10-11-12-15-24(21,22)23-17(20)14-13-16(18)19/h2-15H2,1H3,(H,18,19). The molecule has 1 N–H and O–H groups in total. The number of carbonyl (C=O) groups is 2. The zero-order valence-electron chi connectivity index (χ0n) is 14.8. The number of unbranched alkanes of at least 4 members (excludes halogenated alkanes) is 10. The molecule has 0 saturated heterocycles. The summed E-state index contributed by atoms with van der Waals surface area (Å²) in [6.45, 7) is 2.21. The largest absolute Gasteiger partial charge is 0.481 e. The Labute approximate surface area is 146 Å². The average Bonchev–Trinajstić information content (AvgIpc) is 2.50. The molecule has 7 heteroatoms. The van der Waals surface area contributed by atoms with Gasteiger partial charge in [-0.25, -0.2) is 0 Å². The van der Waals surface area contributed by atoms with Crippen LogP contribution >= 0.6 is 0 Å². The Morgan fingerprint density at radius 2 is 1.25 bits per heavy atom. The molecular formula is C17H32O6S. The van der Waals surface area contributed by atoms with Gasteiger partial charge < -0.3 is 9.29 Å². The number of carbonyl (C=O) groups excluding carboxylic acids is 1. The van der Waals surface area contributed by atoms with E-state index in [4.69, 9.17) is 5.11 Å². The van der Waals surface area contributed by atoms with Crippen molar-refractivity contribution in [3.8, 4) is 0 Å². The Balaban J connectivity index is 3.55.